The van der Waals surface area contributed by atoms with Crippen molar-refractivity contribution in [1.82, 2.24) is 0 Å². The Bertz CT molecular complexity index is 167. The molecule has 1 aliphatic rings. The van der Waals surface area contributed by atoms with Gasteiger partial charge in [-0.1, -0.05) is 19.8 Å². The van der Waals surface area contributed by atoms with Crippen molar-refractivity contribution in [3.63, 3.8) is 0 Å². The third kappa shape index (κ3) is 2.94. The molecule has 0 spiro atoms. The first kappa shape index (κ1) is 12.0. The second kappa shape index (κ2) is 4.60. The van der Waals surface area contributed by atoms with E-state index in [-0.39, 0.29) is 12.0 Å². The number of unbranched alkanes of at least 4 members (excludes halogenated alkanes) is 1. The number of hydrogen-bond acceptors (Lipinski definition) is 3. The summed E-state index contributed by atoms with van der Waals surface area (Å²) in [5, 5.41) is 9.38. The summed E-state index contributed by atoms with van der Waals surface area (Å²) in [5.74, 6) is -0.481. The standard InChI is InChI=1S/C11H22O3/c1-4-5-6-11(7-12)8-13-10(2,3)14-9-11/h12H,4-9H2,1-3H3. The lowest BCUT2D eigenvalue weighted by atomic mass is 9.84. The molecule has 1 N–H and O–H groups in total. The molecule has 0 saturated carbocycles. The van der Waals surface area contributed by atoms with Crippen LogP contribution in [0, 0.1) is 5.41 Å². The smallest absolute Gasteiger partial charge is 0.162 e. The van der Waals surface area contributed by atoms with E-state index < -0.39 is 5.79 Å². The molecule has 0 aromatic carbocycles. The lowest BCUT2D eigenvalue weighted by Gasteiger charge is -2.42. The van der Waals surface area contributed by atoms with E-state index in [4.69, 9.17) is 9.47 Å². The molecule has 14 heavy (non-hydrogen) atoms. The van der Waals surface area contributed by atoms with Crippen molar-refractivity contribution in [2.75, 3.05) is 19.8 Å². The molecule has 0 aliphatic carbocycles. The first-order valence-corrected chi connectivity index (χ1v) is 5.42. The maximum atomic E-state index is 9.38. The lowest BCUT2D eigenvalue weighted by molar-refractivity contribution is -0.291. The summed E-state index contributed by atoms with van der Waals surface area (Å²) in [6.45, 7) is 7.35. The van der Waals surface area contributed by atoms with Crippen LogP contribution in [0.1, 0.15) is 40.0 Å². The number of rotatable bonds is 4. The van der Waals surface area contributed by atoms with Crippen LogP contribution in [0.3, 0.4) is 0 Å². The molecule has 1 aliphatic heterocycles. The largest absolute Gasteiger partial charge is 0.396 e. The highest BCUT2D eigenvalue weighted by Gasteiger charge is 2.39. The first-order valence-electron chi connectivity index (χ1n) is 5.42. The van der Waals surface area contributed by atoms with Crippen molar-refractivity contribution in [2.45, 2.75) is 45.8 Å². The highest BCUT2D eigenvalue weighted by molar-refractivity contribution is 4.82. The Kier molecular flexibility index (Phi) is 3.93. The van der Waals surface area contributed by atoms with Gasteiger partial charge in [-0.2, -0.15) is 0 Å². The fourth-order valence-corrected chi connectivity index (χ4v) is 1.60. The van der Waals surface area contributed by atoms with Gasteiger partial charge in [-0.3, -0.25) is 0 Å². The molecule has 84 valence electrons. The van der Waals surface area contributed by atoms with Crippen LogP contribution in [0.5, 0.6) is 0 Å². The van der Waals surface area contributed by atoms with Crippen LogP contribution in [0.4, 0.5) is 0 Å². The molecule has 3 nitrogen and oxygen atoms in total. The number of aliphatic hydroxyl groups excluding tert-OH is 1. The molecular formula is C11H22O3. The van der Waals surface area contributed by atoms with Gasteiger partial charge in [-0.25, -0.2) is 0 Å². The minimum Gasteiger partial charge on any atom is -0.396 e. The minimum absolute atomic E-state index is 0.156. The molecule has 1 rings (SSSR count). The zero-order valence-electron chi connectivity index (χ0n) is 9.51. The van der Waals surface area contributed by atoms with E-state index >= 15 is 0 Å². The molecule has 3 heteroatoms. The Labute approximate surface area is 86.4 Å². The van der Waals surface area contributed by atoms with Crippen LogP contribution in [0.25, 0.3) is 0 Å². The van der Waals surface area contributed by atoms with Crippen molar-refractivity contribution < 1.29 is 14.6 Å². The summed E-state index contributed by atoms with van der Waals surface area (Å²) >= 11 is 0. The van der Waals surface area contributed by atoms with Crippen molar-refractivity contribution >= 4 is 0 Å². The van der Waals surface area contributed by atoms with Gasteiger partial charge in [0, 0.05) is 5.41 Å². The zero-order chi connectivity index (χ0) is 10.7. The van der Waals surface area contributed by atoms with Gasteiger partial charge in [-0.15, -0.1) is 0 Å². The Hall–Kier alpha value is -0.120. The molecule has 1 saturated heterocycles. The van der Waals surface area contributed by atoms with Crippen LogP contribution in [0.2, 0.25) is 0 Å². The highest BCUT2D eigenvalue weighted by atomic mass is 16.7. The Morgan fingerprint density at radius 1 is 1.21 bits per heavy atom. The van der Waals surface area contributed by atoms with Gasteiger partial charge in [-0.05, 0) is 20.3 Å². The van der Waals surface area contributed by atoms with Crippen molar-refractivity contribution in [3.05, 3.63) is 0 Å². The monoisotopic (exact) mass is 202 g/mol. The summed E-state index contributed by atoms with van der Waals surface area (Å²) in [6.07, 6.45) is 3.24. The van der Waals surface area contributed by atoms with Gasteiger partial charge in [0.2, 0.25) is 0 Å². The van der Waals surface area contributed by atoms with E-state index in [1.807, 2.05) is 13.8 Å². The average Bonchev–Trinajstić information content (AvgIpc) is 2.18. The summed E-state index contributed by atoms with van der Waals surface area (Å²) in [6, 6.07) is 0. The quantitative estimate of drug-likeness (QED) is 0.757. The fraction of sp³-hybridized carbons (Fsp3) is 1.00. The van der Waals surface area contributed by atoms with Crippen LogP contribution < -0.4 is 0 Å². The lowest BCUT2D eigenvalue weighted by Crippen LogP contribution is -2.48. The van der Waals surface area contributed by atoms with Crippen molar-refractivity contribution in [2.24, 2.45) is 5.41 Å². The SMILES string of the molecule is CCCCC1(CO)COC(C)(C)OC1. The van der Waals surface area contributed by atoms with Crippen LogP contribution in [0.15, 0.2) is 0 Å². The summed E-state index contributed by atoms with van der Waals surface area (Å²) in [7, 11) is 0. The summed E-state index contributed by atoms with van der Waals surface area (Å²) in [4.78, 5) is 0. The number of aliphatic hydroxyl groups is 1. The van der Waals surface area contributed by atoms with Gasteiger partial charge in [0.15, 0.2) is 5.79 Å². The number of ether oxygens (including phenoxy) is 2. The van der Waals surface area contributed by atoms with E-state index in [2.05, 4.69) is 6.92 Å². The van der Waals surface area contributed by atoms with E-state index in [1.54, 1.807) is 0 Å². The molecule has 0 bridgehead atoms. The van der Waals surface area contributed by atoms with E-state index in [1.165, 1.54) is 0 Å². The normalized spacial score (nSPS) is 24.9. The molecule has 0 aromatic rings. The molecule has 0 amide bonds. The van der Waals surface area contributed by atoms with E-state index in [9.17, 15) is 5.11 Å². The van der Waals surface area contributed by atoms with Crippen molar-refractivity contribution in [1.29, 1.82) is 0 Å². The maximum Gasteiger partial charge on any atom is 0.162 e. The Morgan fingerprint density at radius 3 is 2.21 bits per heavy atom. The van der Waals surface area contributed by atoms with Gasteiger partial charge in [0.25, 0.3) is 0 Å². The van der Waals surface area contributed by atoms with E-state index in [0.717, 1.165) is 19.3 Å². The molecule has 0 atom stereocenters. The summed E-state index contributed by atoms with van der Waals surface area (Å²) in [5.41, 5.74) is -0.161. The number of hydrogen-bond donors (Lipinski definition) is 1. The predicted octanol–water partition coefficient (Wildman–Crippen LogP) is 1.94. The predicted molar refractivity (Wildman–Crippen MR) is 55.0 cm³/mol. The van der Waals surface area contributed by atoms with Gasteiger partial charge < -0.3 is 14.6 Å². The van der Waals surface area contributed by atoms with E-state index in [0.29, 0.717) is 13.2 Å². The second-order valence-corrected chi connectivity index (χ2v) is 4.74. The van der Waals surface area contributed by atoms with Crippen LogP contribution >= 0.6 is 0 Å². The molecule has 1 fully saturated rings. The van der Waals surface area contributed by atoms with Gasteiger partial charge in [0.05, 0.1) is 19.8 Å². The van der Waals surface area contributed by atoms with Gasteiger partial charge >= 0.3 is 0 Å². The maximum absolute atomic E-state index is 9.38. The van der Waals surface area contributed by atoms with Gasteiger partial charge in [0.1, 0.15) is 0 Å². The molecular weight excluding hydrogens is 180 g/mol. The third-order valence-electron chi connectivity index (χ3n) is 2.85. The van der Waals surface area contributed by atoms with Crippen LogP contribution in [-0.2, 0) is 9.47 Å². The minimum atomic E-state index is -0.481. The Morgan fingerprint density at radius 2 is 1.79 bits per heavy atom. The first-order chi connectivity index (χ1) is 6.54. The topological polar surface area (TPSA) is 38.7 Å². The van der Waals surface area contributed by atoms with Crippen LogP contribution in [-0.4, -0.2) is 30.7 Å². The highest BCUT2D eigenvalue weighted by Crippen LogP contribution is 2.33. The van der Waals surface area contributed by atoms with Crippen molar-refractivity contribution in [3.8, 4) is 0 Å². The third-order valence-corrected chi connectivity index (χ3v) is 2.85. The summed E-state index contributed by atoms with van der Waals surface area (Å²) < 4.78 is 11.2. The molecule has 1 heterocycles. The molecule has 0 radical (unpaired) electrons. The molecule has 0 unspecified atom stereocenters. The molecule has 0 aromatic heterocycles. The Balaban J connectivity index is 2.48. The zero-order valence-corrected chi connectivity index (χ0v) is 9.51. The average molecular weight is 202 g/mol. The second-order valence-electron chi connectivity index (χ2n) is 4.74. The fourth-order valence-electron chi connectivity index (χ4n) is 1.60.